The molecule has 3 aromatic rings. The van der Waals surface area contributed by atoms with Crippen LogP contribution in [0.15, 0.2) is 41.1 Å². The molecule has 0 bridgehead atoms. The van der Waals surface area contributed by atoms with Gasteiger partial charge in [0.1, 0.15) is 17.3 Å². The molecule has 96 valence electrons. The van der Waals surface area contributed by atoms with Crippen LogP contribution < -0.4 is 5.73 Å². The van der Waals surface area contributed by atoms with Crippen LogP contribution in [0.3, 0.4) is 0 Å². The van der Waals surface area contributed by atoms with E-state index in [4.69, 9.17) is 5.73 Å². The summed E-state index contributed by atoms with van der Waals surface area (Å²) in [6.45, 7) is 0. The van der Waals surface area contributed by atoms with Gasteiger partial charge in [-0.25, -0.2) is 4.39 Å². The second kappa shape index (κ2) is 4.51. The minimum absolute atomic E-state index is 0.293. The molecule has 0 aliphatic heterocycles. The van der Waals surface area contributed by atoms with Crippen molar-refractivity contribution in [2.45, 2.75) is 0 Å². The van der Waals surface area contributed by atoms with Crippen molar-refractivity contribution in [3.05, 3.63) is 46.9 Å². The third-order valence-electron chi connectivity index (χ3n) is 3.03. The van der Waals surface area contributed by atoms with E-state index in [0.29, 0.717) is 22.6 Å². The van der Waals surface area contributed by atoms with Gasteiger partial charge in [0.15, 0.2) is 0 Å². The molecule has 0 unspecified atom stereocenters. The summed E-state index contributed by atoms with van der Waals surface area (Å²) in [4.78, 5) is 0. The number of thiophene rings is 1. The fraction of sp³-hybridized carbons (Fsp3) is 0.0714. The van der Waals surface area contributed by atoms with Crippen LogP contribution in [0, 0.1) is 5.82 Å². The second-order valence-electron chi connectivity index (χ2n) is 4.22. The molecule has 5 heteroatoms. The largest absolute Gasteiger partial charge is 0.383 e. The smallest absolute Gasteiger partial charge is 0.131 e. The Kier molecular flexibility index (Phi) is 2.83. The molecule has 0 radical (unpaired) electrons. The lowest BCUT2D eigenvalue weighted by atomic mass is 10.0. The lowest BCUT2D eigenvalue weighted by Crippen LogP contribution is -1.98. The first-order valence-corrected chi connectivity index (χ1v) is 6.72. The molecule has 0 amide bonds. The van der Waals surface area contributed by atoms with E-state index in [1.807, 2.05) is 16.8 Å². The Labute approximate surface area is 114 Å². The highest BCUT2D eigenvalue weighted by atomic mass is 32.1. The summed E-state index contributed by atoms with van der Waals surface area (Å²) in [6.07, 6.45) is 0. The molecule has 0 fully saturated rings. The van der Waals surface area contributed by atoms with Gasteiger partial charge in [0.2, 0.25) is 0 Å². The molecular formula is C14H12FN3S. The van der Waals surface area contributed by atoms with Crippen LogP contribution in [0.25, 0.3) is 22.4 Å². The van der Waals surface area contributed by atoms with Crippen LogP contribution in [0.1, 0.15) is 0 Å². The molecule has 1 aromatic carbocycles. The number of nitrogens with zero attached hydrogens (tertiary/aromatic N) is 2. The summed E-state index contributed by atoms with van der Waals surface area (Å²) >= 11 is 1.57. The van der Waals surface area contributed by atoms with Crippen molar-refractivity contribution in [1.29, 1.82) is 0 Å². The number of nitrogen functional groups attached to an aromatic ring is 1. The van der Waals surface area contributed by atoms with Gasteiger partial charge in [0, 0.05) is 23.6 Å². The summed E-state index contributed by atoms with van der Waals surface area (Å²) in [6, 6.07) is 8.56. The van der Waals surface area contributed by atoms with Crippen LogP contribution in [0.5, 0.6) is 0 Å². The van der Waals surface area contributed by atoms with Crippen molar-refractivity contribution in [1.82, 2.24) is 9.78 Å². The molecule has 3 nitrogen and oxygen atoms in total. The minimum atomic E-state index is -0.293. The Hall–Kier alpha value is -2.14. The number of nitrogens with two attached hydrogens (primary N) is 1. The molecule has 2 heterocycles. The number of aryl methyl sites for hydroxylation is 1. The van der Waals surface area contributed by atoms with Gasteiger partial charge in [-0.15, -0.1) is 0 Å². The summed E-state index contributed by atoms with van der Waals surface area (Å²) in [5, 5.41) is 8.34. The van der Waals surface area contributed by atoms with Gasteiger partial charge >= 0.3 is 0 Å². The van der Waals surface area contributed by atoms with E-state index in [1.165, 1.54) is 6.07 Å². The zero-order chi connectivity index (χ0) is 13.4. The second-order valence-corrected chi connectivity index (χ2v) is 5.00. The van der Waals surface area contributed by atoms with Gasteiger partial charge in [0.05, 0.1) is 5.56 Å². The lowest BCUT2D eigenvalue weighted by molar-refractivity contribution is 0.631. The Morgan fingerprint density at radius 1 is 1.26 bits per heavy atom. The van der Waals surface area contributed by atoms with E-state index < -0.39 is 0 Å². The molecule has 0 atom stereocenters. The maximum Gasteiger partial charge on any atom is 0.131 e. The topological polar surface area (TPSA) is 43.8 Å². The molecule has 3 rings (SSSR count). The van der Waals surface area contributed by atoms with E-state index in [-0.39, 0.29) is 5.82 Å². The number of rotatable bonds is 2. The Morgan fingerprint density at radius 3 is 2.74 bits per heavy atom. The fourth-order valence-electron chi connectivity index (χ4n) is 2.07. The molecule has 0 aliphatic carbocycles. The molecule has 2 N–H and O–H groups in total. The average molecular weight is 273 g/mol. The number of halogens is 1. The summed E-state index contributed by atoms with van der Waals surface area (Å²) in [5.74, 6) is 0.171. The maximum atomic E-state index is 14.0. The fourth-order valence-corrected chi connectivity index (χ4v) is 2.71. The normalized spacial score (nSPS) is 10.8. The van der Waals surface area contributed by atoms with Gasteiger partial charge in [-0.2, -0.15) is 16.4 Å². The van der Waals surface area contributed by atoms with Crippen molar-refractivity contribution < 1.29 is 4.39 Å². The Balaban J connectivity index is 2.29. The number of benzene rings is 1. The maximum absolute atomic E-state index is 14.0. The summed E-state index contributed by atoms with van der Waals surface area (Å²) in [7, 11) is 1.76. The Bertz CT molecular complexity index is 716. The zero-order valence-corrected chi connectivity index (χ0v) is 11.1. The first kappa shape index (κ1) is 11.9. The van der Waals surface area contributed by atoms with Crippen molar-refractivity contribution in [3.8, 4) is 22.4 Å². The molecule has 2 aromatic heterocycles. The van der Waals surface area contributed by atoms with Crippen LogP contribution in [-0.4, -0.2) is 9.78 Å². The first-order valence-electron chi connectivity index (χ1n) is 5.78. The third kappa shape index (κ3) is 1.92. The van der Waals surface area contributed by atoms with Crippen molar-refractivity contribution in [2.24, 2.45) is 7.05 Å². The average Bonchev–Trinajstić information content (AvgIpc) is 3.01. The van der Waals surface area contributed by atoms with Crippen molar-refractivity contribution in [2.75, 3.05) is 5.73 Å². The van der Waals surface area contributed by atoms with Gasteiger partial charge in [0.25, 0.3) is 0 Å². The highest BCUT2D eigenvalue weighted by molar-refractivity contribution is 7.08. The number of anilines is 1. The van der Waals surface area contributed by atoms with E-state index in [0.717, 1.165) is 5.56 Å². The molecule has 0 aliphatic rings. The van der Waals surface area contributed by atoms with E-state index in [9.17, 15) is 4.39 Å². The quantitative estimate of drug-likeness (QED) is 0.776. The molecular weight excluding hydrogens is 261 g/mol. The molecule has 19 heavy (non-hydrogen) atoms. The summed E-state index contributed by atoms with van der Waals surface area (Å²) in [5.41, 5.74) is 8.85. The van der Waals surface area contributed by atoms with E-state index >= 15 is 0 Å². The SMILES string of the molecule is Cn1nc(-c2ccsc2)c(-c2ccccc2F)c1N. The monoisotopic (exact) mass is 273 g/mol. The first-order chi connectivity index (χ1) is 9.18. The van der Waals surface area contributed by atoms with Crippen LogP contribution in [0.2, 0.25) is 0 Å². The predicted molar refractivity (Wildman–Crippen MR) is 76.3 cm³/mol. The predicted octanol–water partition coefficient (Wildman–Crippen LogP) is 3.54. The van der Waals surface area contributed by atoms with E-state index in [2.05, 4.69) is 5.10 Å². The third-order valence-corrected chi connectivity index (χ3v) is 3.71. The number of hydrogen-bond acceptors (Lipinski definition) is 3. The van der Waals surface area contributed by atoms with Gasteiger partial charge in [-0.05, 0) is 17.5 Å². The number of hydrogen-bond donors (Lipinski definition) is 1. The van der Waals surface area contributed by atoms with Crippen molar-refractivity contribution >= 4 is 17.2 Å². The standard InChI is InChI=1S/C14H12FN3S/c1-18-14(16)12(10-4-2-3-5-11(10)15)13(17-18)9-6-7-19-8-9/h2-8H,16H2,1H3. The Morgan fingerprint density at radius 2 is 2.05 bits per heavy atom. The minimum Gasteiger partial charge on any atom is -0.383 e. The zero-order valence-electron chi connectivity index (χ0n) is 10.3. The van der Waals surface area contributed by atoms with Crippen LogP contribution >= 0.6 is 11.3 Å². The molecule has 0 saturated carbocycles. The number of aromatic nitrogens is 2. The van der Waals surface area contributed by atoms with E-state index in [1.54, 1.807) is 41.3 Å². The van der Waals surface area contributed by atoms with Gasteiger partial charge < -0.3 is 5.73 Å². The van der Waals surface area contributed by atoms with Crippen molar-refractivity contribution in [3.63, 3.8) is 0 Å². The molecule has 0 saturated heterocycles. The highest BCUT2D eigenvalue weighted by Gasteiger charge is 2.19. The van der Waals surface area contributed by atoms with Gasteiger partial charge in [-0.3, -0.25) is 4.68 Å². The summed E-state index contributed by atoms with van der Waals surface area (Å²) < 4.78 is 15.6. The van der Waals surface area contributed by atoms with Gasteiger partial charge in [-0.1, -0.05) is 18.2 Å². The van der Waals surface area contributed by atoms with Crippen LogP contribution in [0.4, 0.5) is 10.2 Å². The lowest BCUT2D eigenvalue weighted by Gasteiger charge is -2.04. The highest BCUT2D eigenvalue weighted by Crippen LogP contribution is 2.37. The van der Waals surface area contributed by atoms with Crippen LogP contribution in [-0.2, 0) is 7.05 Å². The molecule has 0 spiro atoms.